The minimum absolute atomic E-state index is 0.00666. The maximum absolute atomic E-state index is 13.1. The van der Waals surface area contributed by atoms with Gasteiger partial charge in [0.1, 0.15) is 5.82 Å². The molecule has 0 spiro atoms. The number of para-hydroxylation sites is 2. The van der Waals surface area contributed by atoms with Crippen molar-refractivity contribution < 1.29 is 31.1 Å². The molecule has 0 atom stereocenters. The molecule has 0 N–H and O–H groups in total. The molecule has 0 radical (unpaired) electrons. The van der Waals surface area contributed by atoms with Crippen LogP contribution in [0.5, 0.6) is 0 Å². The third-order valence-corrected chi connectivity index (χ3v) is 4.61. The van der Waals surface area contributed by atoms with Crippen molar-refractivity contribution in [1.29, 1.82) is 0 Å². The van der Waals surface area contributed by atoms with Crippen molar-refractivity contribution in [2.75, 3.05) is 7.05 Å². The number of imidazole rings is 1. The van der Waals surface area contributed by atoms with Crippen molar-refractivity contribution in [2.24, 2.45) is 0 Å². The van der Waals surface area contributed by atoms with Crippen LogP contribution in [0.2, 0.25) is 0 Å². The number of hydrogen-bond donors (Lipinski definition) is 0. The number of aromatic nitrogens is 2. The fourth-order valence-corrected chi connectivity index (χ4v) is 3.18. The van der Waals surface area contributed by atoms with E-state index in [0.29, 0.717) is 30.0 Å². The van der Waals surface area contributed by atoms with E-state index >= 15 is 0 Å². The summed E-state index contributed by atoms with van der Waals surface area (Å²) >= 11 is 0. The smallest absolute Gasteiger partial charge is 0.334 e. The van der Waals surface area contributed by atoms with Gasteiger partial charge in [-0.05, 0) is 37.3 Å². The van der Waals surface area contributed by atoms with Crippen LogP contribution in [-0.4, -0.2) is 27.4 Å². The summed E-state index contributed by atoms with van der Waals surface area (Å²) in [5.74, 6) is -0.501. The lowest BCUT2D eigenvalue weighted by molar-refractivity contribution is -0.143. The molecule has 1 heterocycles. The van der Waals surface area contributed by atoms with Gasteiger partial charge in [-0.3, -0.25) is 4.79 Å². The molecule has 30 heavy (non-hydrogen) atoms. The zero-order valence-corrected chi connectivity index (χ0v) is 16.0. The molecule has 0 saturated heterocycles. The summed E-state index contributed by atoms with van der Waals surface area (Å²) in [5.41, 5.74) is -2.27. The summed E-state index contributed by atoms with van der Waals surface area (Å²) in [6, 6.07) is 8.06. The van der Waals surface area contributed by atoms with Crippen LogP contribution in [0.1, 0.15) is 34.2 Å². The minimum Gasteiger partial charge on any atom is -0.334 e. The highest BCUT2D eigenvalue weighted by molar-refractivity contribution is 5.94. The molecule has 0 saturated carbocycles. The molecule has 1 amide bonds. The van der Waals surface area contributed by atoms with Crippen molar-refractivity contribution in [2.45, 2.75) is 32.4 Å². The zero-order valence-electron chi connectivity index (χ0n) is 16.0. The Balaban J connectivity index is 1.97. The van der Waals surface area contributed by atoms with Gasteiger partial charge >= 0.3 is 12.4 Å². The Hall–Kier alpha value is -3.04. The lowest BCUT2D eigenvalue weighted by Gasteiger charge is -2.20. The number of halogens is 6. The Morgan fingerprint density at radius 3 is 2.10 bits per heavy atom. The molecule has 0 unspecified atom stereocenters. The van der Waals surface area contributed by atoms with E-state index in [1.54, 1.807) is 12.1 Å². The molecule has 0 bridgehead atoms. The van der Waals surface area contributed by atoms with Gasteiger partial charge in [-0.1, -0.05) is 12.1 Å². The first-order valence-electron chi connectivity index (χ1n) is 8.91. The molecule has 2 aromatic carbocycles. The fraction of sp³-hybridized carbons (Fsp3) is 0.300. The standard InChI is InChI=1S/C20H17F6N3O/c1-3-29-16-7-5-4-6-15(16)27-17(29)11-28(2)18(30)12-8-13(19(21,22)23)10-14(9-12)20(24,25)26/h4-10H,3,11H2,1-2H3. The highest BCUT2D eigenvalue weighted by Gasteiger charge is 2.37. The van der Waals surface area contributed by atoms with Crippen LogP contribution in [0, 0.1) is 0 Å². The van der Waals surface area contributed by atoms with Gasteiger partial charge in [-0.15, -0.1) is 0 Å². The van der Waals surface area contributed by atoms with E-state index < -0.39 is 35.0 Å². The van der Waals surface area contributed by atoms with Crippen molar-refractivity contribution in [1.82, 2.24) is 14.5 Å². The van der Waals surface area contributed by atoms with Crippen LogP contribution >= 0.6 is 0 Å². The predicted molar refractivity (Wildman–Crippen MR) is 97.7 cm³/mol. The largest absolute Gasteiger partial charge is 0.416 e. The van der Waals surface area contributed by atoms with Gasteiger partial charge in [0, 0.05) is 19.2 Å². The van der Waals surface area contributed by atoms with E-state index in [0.717, 1.165) is 10.4 Å². The second kappa shape index (κ2) is 7.66. The van der Waals surface area contributed by atoms with Gasteiger partial charge in [0.05, 0.1) is 28.7 Å². The van der Waals surface area contributed by atoms with Crippen LogP contribution < -0.4 is 0 Å². The van der Waals surface area contributed by atoms with Crippen molar-refractivity contribution in [3.63, 3.8) is 0 Å². The number of amides is 1. The number of nitrogens with zero attached hydrogens (tertiary/aromatic N) is 3. The first kappa shape index (κ1) is 21.7. The predicted octanol–water partition coefficient (Wildman–Crippen LogP) is 5.37. The number of hydrogen-bond acceptors (Lipinski definition) is 2. The van der Waals surface area contributed by atoms with Gasteiger partial charge in [-0.2, -0.15) is 26.3 Å². The number of fused-ring (bicyclic) bond motifs is 1. The summed E-state index contributed by atoms with van der Waals surface area (Å²) in [4.78, 5) is 18.1. The molecule has 4 nitrogen and oxygen atoms in total. The molecule has 0 aliphatic heterocycles. The van der Waals surface area contributed by atoms with Crippen LogP contribution in [-0.2, 0) is 25.4 Å². The molecule has 3 rings (SSSR count). The maximum Gasteiger partial charge on any atom is 0.416 e. The van der Waals surface area contributed by atoms with Gasteiger partial charge in [0.15, 0.2) is 0 Å². The van der Waals surface area contributed by atoms with E-state index in [-0.39, 0.29) is 12.6 Å². The second-order valence-electron chi connectivity index (χ2n) is 6.72. The summed E-state index contributed by atoms with van der Waals surface area (Å²) in [6.45, 7) is 2.31. The highest BCUT2D eigenvalue weighted by Crippen LogP contribution is 2.36. The van der Waals surface area contributed by atoms with Gasteiger partial charge in [0.2, 0.25) is 0 Å². The normalized spacial score (nSPS) is 12.4. The maximum atomic E-state index is 13.1. The lowest BCUT2D eigenvalue weighted by Crippen LogP contribution is -2.28. The Morgan fingerprint density at radius 1 is 1.00 bits per heavy atom. The summed E-state index contributed by atoms with van der Waals surface area (Å²) in [6.07, 6.45) is -10.0. The fourth-order valence-electron chi connectivity index (χ4n) is 3.18. The molecule has 1 aromatic heterocycles. The van der Waals surface area contributed by atoms with E-state index in [9.17, 15) is 31.1 Å². The van der Waals surface area contributed by atoms with Gasteiger partial charge in [0.25, 0.3) is 5.91 Å². The van der Waals surface area contributed by atoms with E-state index in [1.807, 2.05) is 23.6 Å². The molecule has 10 heteroatoms. The molecule has 0 aliphatic rings. The van der Waals surface area contributed by atoms with Gasteiger partial charge in [-0.25, -0.2) is 4.98 Å². The zero-order chi connectivity index (χ0) is 22.3. The highest BCUT2D eigenvalue weighted by atomic mass is 19.4. The Labute approximate surface area is 167 Å². The second-order valence-corrected chi connectivity index (χ2v) is 6.72. The molecular weight excluding hydrogens is 412 g/mol. The number of carbonyl (C=O) groups is 1. The number of benzene rings is 2. The molecule has 0 fully saturated rings. The Kier molecular flexibility index (Phi) is 5.53. The van der Waals surface area contributed by atoms with Gasteiger partial charge < -0.3 is 9.47 Å². The van der Waals surface area contributed by atoms with Crippen molar-refractivity contribution >= 4 is 16.9 Å². The number of alkyl halides is 6. The monoisotopic (exact) mass is 429 g/mol. The summed E-state index contributed by atoms with van der Waals surface area (Å²) in [5, 5.41) is 0. The summed E-state index contributed by atoms with van der Waals surface area (Å²) < 4.78 is 80.2. The Bertz CT molecular complexity index is 1050. The van der Waals surface area contributed by atoms with Crippen molar-refractivity contribution in [3.05, 3.63) is 65.0 Å². The van der Waals surface area contributed by atoms with E-state index in [1.165, 1.54) is 7.05 Å². The molecule has 160 valence electrons. The van der Waals surface area contributed by atoms with Crippen LogP contribution in [0.15, 0.2) is 42.5 Å². The first-order valence-corrected chi connectivity index (χ1v) is 8.91. The number of rotatable bonds is 4. The quantitative estimate of drug-likeness (QED) is 0.524. The number of carbonyl (C=O) groups excluding carboxylic acids is 1. The third kappa shape index (κ3) is 4.27. The topological polar surface area (TPSA) is 38.1 Å². The summed E-state index contributed by atoms with van der Waals surface area (Å²) in [7, 11) is 1.30. The van der Waals surface area contributed by atoms with Crippen LogP contribution in [0.4, 0.5) is 26.3 Å². The Morgan fingerprint density at radius 2 is 1.57 bits per heavy atom. The van der Waals surface area contributed by atoms with E-state index in [2.05, 4.69) is 4.98 Å². The van der Waals surface area contributed by atoms with Crippen LogP contribution in [0.3, 0.4) is 0 Å². The minimum atomic E-state index is -5.02. The van der Waals surface area contributed by atoms with Crippen molar-refractivity contribution in [3.8, 4) is 0 Å². The first-order chi connectivity index (χ1) is 13.9. The molecular formula is C20H17F6N3O. The average Bonchev–Trinajstić information content (AvgIpc) is 3.02. The SMILES string of the molecule is CCn1c(CN(C)C(=O)c2cc(C(F)(F)F)cc(C(F)(F)F)c2)nc2ccccc21. The van der Waals surface area contributed by atoms with Crippen LogP contribution in [0.25, 0.3) is 11.0 Å². The average molecular weight is 429 g/mol. The molecule has 0 aliphatic carbocycles. The lowest BCUT2D eigenvalue weighted by atomic mass is 10.0. The van der Waals surface area contributed by atoms with E-state index in [4.69, 9.17) is 0 Å². The molecule has 3 aromatic rings. The third-order valence-electron chi connectivity index (χ3n) is 4.61. The number of aryl methyl sites for hydroxylation is 1.